The van der Waals surface area contributed by atoms with E-state index >= 15 is 0 Å². The fraction of sp³-hybridized carbons (Fsp3) is 0.750. The minimum absolute atomic E-state index is 0.312. The highest BCUT2D eigenvalue weighted by Gasteiger charge is 2.16. The second kappa shape index (κ2) is 3.74. The molecule has 0 amide bonds. The highest BCUT2D eigenvalue weighted by molar-refractivity contribution is 5.14. The van der Waals surface area contributed by atoms with Crippen LogP contribution in [0.25, 0.3) is 0 Å². The lowest BCUT2D eigenvalue weighted by atomic mass is 10.1. The highest BCUT2D eigenvalue weighted by Crippen LogP contribution is 2.19. The van der Waals surface area contributed by atoms with Crippen molar-refractivity contribution in [1.82, 2.24) is 20.5 Å². The van der Waals surface area contributed by atoms with Crippen LogP contribution in [0.1, 0.15) is 37.5 Å². The molecule has 2 rings (SSSR count). The van der Waals surface area contributed by atoms with Gasteiger partial charge in [0.1, 0.15) is 5.82 Å². The molecule has 1 aliphatic rings. The standard InChI is InChI=1S/C8H15N5/c9-8-11-7(12-13-8)6-4-2-1-3-5-10-6/h6,10H,1-5H2,(H3,9,11,12,13). The van der Waals surface area contributed by atoms with Crippen LogP contribution in [0.15, 0.2) is 0 Å². The molecule has 0 saturated carbocycles. The largest absolute Gasteiger partial charge is 0.367 e. The Balaban J connectivity index is 2.06. The molecule has 4 N–H and O–H groups in total. The molecule has 1 saturated heterocycles. The number of aromatic amines is 1. The molecule has 1 unspecified atom stereocenters. The summed E-state index contributed by atoms with van der Waals surface area (Å²) in [5, 5.41) is 10.1. The summed E-state index contributed by atoms with van der Waals surface area (Å²) < 4.78 is 0. The summed E-state index contributed by atoms with van der Waals surface area (Å²) in [4.78, 5) is 4.12. The molecule has 1 fully saturated rings. The van der Waals surface area contributed by atoms with E-state index in [9.17, 15) is 0 Å². The summed E-state index contributed by atoms with van der Waals surface area (Å²) in [5.41, 5.74) is 5.44. The third-order valence-electron chi connectivity index (χ3n) is 2.41. The van der Waals surface area contributed by atoms with E-state index in [1.165, 1.54) is 19.3 Å². The molecular weight excluding hydrogens is 166 g/mol. The van der Waals surface area contributed by atoms with Crippen LogP contribution in [0.5, 0.6) is 0 Å². The average Bonchev–Trinajstić information content (AvgIpc) is 2.43. The minimum atomic E-state index is 0.312. The normalized spacial score (nSPS) is 24.2. The summed E-state index contributed by atoms with van der Waals surface area (Å²) in [6.45, 7) is 1.06. The van der Waals surface area contributed by atoms with Crippen molar-refractivity contribution in [3.8, 4) is 0 Å². The molecule has 1 aliphatic heterocycles. The van der Waals surface area contributed by atoms with Crippen LogP contribution in [0.2, 0.25) is 0 Å². The molecule has 2 heterocycles. The van der Waals surface area contributed by atoms with Gasteiger partial charge in [0, 0.05) is 0 Å². The molecule has 0 radical (unpaired) electrons. The molecule has 1 atom stereocenters. The molecule has 1 aromatic rings. The lowest BCUT2D eigenvalue weighted by Crippen LogP contribution is -2.21. The molecule has 0 aliphatic carbocycles. The van der Waals surface area contributed by atoms with E-state index < -0.39 is 0 Å². The van der Waals surface area contributed by atoms with Gasteiger partial charge < -0.3 is 11.1 Å². The highest BCUT2D eigenvalue weighted by atomic mass is 15.3. The average molecular weight is 181 g/mol. The van der Waals surface area contributed by atoms with Crippen molar-refractivity contribution >= 4 is 5.95 Å². The summed E-state index contributed by atoms with van der Waals surface area (Å²) in [7, 11) is 0. The van der Waals surface area contributed by atoms with Crippen molar-refractivity contribution in [3.63, 3.8) is 0 Å². The predicted molar refractivity (Wildman–Crippen MR) is 50.0 cm³/mol. The Hall–Kier alpha value is -1.10. The van der Waals surface area contributed by atoms with E-state index in [2.05, 4.69) is 20.5 Å². The van der Waals surface area contributed by atoms with E-state index in [0.29, 0.717) is 12.0 Å². The van der Waals surface area contributed by atoms with Crippen LogP contribution in [-0.2, 0) is 0 Å². The van der Waals surface area contributed by atoms with Gasteiger partial charge in [-0.15, -0.1) is 5.10 Å². The van der Waals surface area contributed by atoms with Crippen LogP contribution < -0.4 is 11.1 Å². The summed E-state index contributed by atoms with van der Waals surface area (Å²) in [5.74, 6) is 1.21. The van der Waals surface area contributed by atoms with Gasteiger partial charge in [-0.2, -0.15) is 4.98 Å². The topological polar surface area (TPSA) is 79.6 Å². The Bertz CT molecular complexity index is 261. The van der Waals surface area contributed by atoms with Crippen molar-refractivity contribution in [3.05, 3.63) is 5.82 Å². The van der Waals surface area contributed by atoms with E-state index in [0.717, 1.165) is 18.8 Å². The number of nitrogens with two attached hydrogens (primary N) is 1. The quantitative estimate of drug-likeness (QED) is 0.592. The third kappa shape index (κ3) is 1.98. The molecule has 72 valence electrons. The summed E-state index contributed by atoms with van der Waals surface area (Å²) >= 11 is 0. The number of nitrogens with zero attached hydrogens (tertiary/aromatic N) is 2. The maximum absolute atomic E-state index is 5.44. The maximum atomic E-state index is 5.44. The van der Waals surface area contributed by atoms with Gasteiger partial charge in [-0.25, -0.2) is 0 Å². The zero-order valence-corrected chi connectivity index (χ0v) is 7.58. The van der Waals surface area contributed by atoms with E-state index in [1.54, 1.807) is 0 Å². The first-order valence-corrected chi connectivity index (χ1v) is 4.77. The second-order valence-electron chi connectivity index (χ2n) is 3.43. The molecule has 0 bridgehead atoms. The minimum Gasteiger partial charge on any atom is -0.367 e. The van der Waals surface area contributed by atoms with E-state index in [-0.39, 0.29) is 0 Å². The van der Waals surface area contributed by atoms with Crippen molar-refractivity contribution < 1.29 is 0 Å². The van der Waals surface area contributed by atoms with Crippen LogP contribution in [0, 0.1) is 0 Å². The van der Waals surface area contributed by atoms with Crippen LogP contribution >= 0.6 is 0 Å². The fourth-order valence-electron chi connectivity index (χ4n) is 1.71. The number of rotatable bonds is 1. The molecule has 13 heavy (non-hydrogen) atoms. The summed E-state index contributed by atoms with van der Waals surface area (Å²) in [6, 6.07) is 0.312. The van der Waals surface area contributed by atoms with Gasteiger partial charge in [0.2, 0.25) is 5.95 Å². The maximum Gasteiger partial charge on any atom is 0.239 e. The zero-order valence-electron chi connectivity index (χ0n) is 7.58. The first-order valence-electron chi connectivity index (χ1n) is 4.77. The van der Waals surface area contributed by atoms with Gasteiger partial charge in [-0.1, -0.05) is 12.8 Å². The third-order valence-corrected chi connectivity index (χ3v) is 2.41. The van der Waals surface area contributed by atoms with E-state index in [1.807, 2.05) is 0 Å². The summed E-state index contributed by atoms with van der Waals surface area (Å²) in [6.07, 6.45) is 4.92. The number of aromatic nitrogens is 3. The van der Waals surface area contributed by atoms with Crippen LogP contribution in [-0.4, -0.2) is 21.7 Å². The van der Waals surface area contributed by atoms with Crippen molar-refractivity contribution in [1.29, 1.82) is 0 Å². The van der Waals surface area contributed by atoms with Crippen LogP contribution in [0.4, 0.5) is 5.95 Å². The smallest absolute Gasteiger partial charge is 0.239 e. The monoisotopic (exact) mass is 181 g/mol. The Labute approximate surface area is 77.1 Å². The first-order chi connectivity index (χ1) is 6.36. The predicted octanol–water partition coefficient (Wildman–Crippen LogP) is 0.592. The molecular formula is C8H15N5. The molecule has 5 heteroatoms. The van der Waals surface area contributed by atoms with Gasteiger partial charge in [-0.3, -0.25) is 5.10 Å². The second-order valence-corrected chi connectivity index (χ2v) is 3.43. The number of anilines is 1. The van der Waals surface area contributed by atoms with E-state index in [4.69, 9.17) is 5.73 Å². The number of H-pyrrole nitrogens is 1. The van der Waals surface area contributed by atoms with Gasteiger partial charge >= 0.3 is 0 Å². The molecule has 1 aromatic heterocycles. The number of hydrogen-bond donors (Lipinski definition) is 3. The van der Waals surface area contributed by atoms with Gasteiger partial charge in [0.25, 0.3) is 0 Å². The lowest BCUT2D eigenvalue weighted by Gasteiger charge is -2.11. The van der Waals surface area contributed by atoms with Crippen molar-refractivity contribution in [2.75, 3.05) is 12.3 Å². The molecule has 0 spiro atoms. The van der Waals surface area contributed by atoms with Crippen LogP contribution in [0.3, 0.4) is 0 Å². The Kier molecular flexibility index (Phi) is 2.44. The van der Waals surface area contributed by atoms with Crippen molar-refractivity contribution in [2.24, 2.45) is 0 Å². The Morgan fingerprint density at radius 2 is 2.23 bits per heavy atom. The number of nitrogens with one attached hydrogen (secondary N) is 2. The number of hydrogen-bond acceptors (Lipinski definition) is 4. The van der Waals surface area contributed by atoms with Gasteiger partial charge in [-0.05, 0) is 19.4 Å². The zero-order chi connectivity index (χ0) is 9.10. The lowest BCUT2D eigenvalue weighted by molar-refractivity contribution is 0.509. The Morgan fingerprint density at radius 1 is 1.31 bits per heavy atom. The first kappa shape index (κ1) is 8.50. The van der Waals surface area contributed by atoms with Gasteiger partial charge in [0.15, 0.2) is 0 Å². The molecule has 5 nitrogen and oxygen atoms in total. The van der Waals surface area contributed by atoms with Gasteiger partial charge in [0.05, 0.1) is 6.04 Å². The SMILES string of the molecule is Nc1n[nH]c(C2CCCCCN2)n1. The molecule has 0 aromatic carbocycles. The Morgan fingerprint density at radius 3 is 3.00 bits per heavy atom. The van der Waals surface area contributed by atoms with Crippen molar-refractivity contribution in [2.45, 2.75) is 31.7 Å². The fourth-order valence-corrected chi connectivity index (χ4v) is 1.71. The number of nitrogen functional groups attached to an aromatic ring is 1.